The van der Waals surface area contributed by atoms with E-state index in [4.69, 9.17) is 0 Å². The summed E-state index contributed by atoms with van der Waals surface area (Å²) in [6.45, 7) is 4.38. The molecule has 0 N–H and O–H groups in total. The van der Waals surface area contributed by atoms with E-state index in [1.165, 1.54) is 24.0 Å². The number of hydrogen-bond donors (Lipinski definition) is 0. The standard InChI is InChI=1S/C9H13/c1-3-5-9-7-4-6-8(9)2/h6H,3-5H2,1-2H3. The van der Waals surface area contributed by atoms with Crippen molar-refractivity contribution in [2.45, 2.75) is 33.1 Å². The summed E-state index contributed by atoms with van der Waals surface area (Å²) in [6.07, 6.45) is 9.07. The summed E-state index contributed by atoms with van der Waals surface area (Å²) in [6, 6.07) is 0. The average Bonchev–Trinajstić information content (AvgIpc) is 2.18. The number of allylic oxidation sites excluding steroid dienone is 4. The molecule has 1 aliphatic carbocycles. The van der Waals surface area contributed by atoms with Gasteiger partial charge < -0.3 is 0 Å². The van der Waals surface area contributed by atoms with Gasteiger partial charge in [0.25, 0.3) is 0 Å². The summed E-state index contributed by atoms with van der Waals surface area (Å²) in [7, 11) is 0. The summed E-state index contributed by atoms with van der Waals surface area (Å²) in [5, 5.41) is 0. The van der Waals surface area contributed by atoms with Crippen LogP contribution in [-0.4, -0.2) is 0 Å². The molecule has 0 aromatic rings. The molecule has 0 bridgehead atoms. The molecule has 0 aromatic heterocycles. The summed E-state index contributed by atoms with van der Waals surface area (Å²) in [5.41, 5.74) is 2.88. The van der Waals surface area contributed by atoms with Crippen LogP contribution in [0.1, 0.15) is 33.1 Å². The van der Waals surface area contributed by atoms with Gasteiger partial charge in [-0.2, -0.15) is 0 Å². The highest BCUT2D eigenvalue weighted by molar-refractivity contribution is 5.32. The third-order valence-electron chi connectivity index (χ3n) is 1.70. The van der Waals surface area contributed by atoms with Gasteiger partial charge in [-0.1, -0.05) is 25.0 Å². The van der Waals surface area contributed by atoms with Gasteiger partial charge in [-0.15, -0.1) is 0 Å². The van der Waals surface area contributed by atoms with Crippen LogP contribution in [-0.2, 0) is 0 Å². The minimum atomic E-state index is 1.04. The van der Waals surface area contributed by atoms with Crippen LogP contribution in [0.25, 0.3) is 0 Å². The molecule has 0 fully saturated rings. The van der Waals surface area contributed by atoms with Gasteiger partial charge in [-0.3, -0.25) is 0 Å². The van der Waals surface area contributed by atoms with Crippen molar-refractivity contribution in [3.8, 4) is 0 Å². The van der Waals surface area contributed by atoms with E-state index in [1.807, 2.05) is 0 Å². The first-order chi connectivity index (χ1) is 4.34. The molecule has 0 spiro atoms. The predicted octanol–water partition coefficient (Wildman–Crippen LogP) is 2.87. The summed E-state index contributed by atoms with van der Waals surface area (Å²) < 4.78 is 0. The molecular formula is C9H13. The Labute approximate surface area is 57.3 Å². The third-order valence-corrected chi connectivity index (χ3v) is 1.70. The first kappa shape index (κ1) is 6.60. The second-order valence-corrected chi connectivity index (χ2v) is 2.50. The lowest BCUT2D eigenvalue weighted by atomic mass is 10.1. The monoisotopic (exact) mass is 121 g/mol. The Morgan fingerprint density at radius 3 is 2.89 bits per heavy atom. The molecule has 0 nitrogen and oxygen atoms in total. The van der Waals surface area contributed by atoms with Crippen LogP contribution in [0.2, 0.25) is 0 Å². The van der Waals surface area contributed by atoms with E-state index in [0.29, 0.717) is 0 Å². The summed E-state index contributed by atoms with van der Waals surface area (Å²) in [4.78, 5) is 0. The lowest BCUT2D eigenvalue weighted by Crippen LogP contribution is -1.79. The molecule has 0 saturated heterocycles. The van der Waals surface area contributed by atoms with Gasteiger partial charge in [0, 0.05) is 0 Å². The zero-order chi connectivity index (χ0) is 6.69. The highest BCUT2D eigenvalue weighted by Crippen LogP contribution is 2.21. The molecule has 0 saturated carbocycles. The Morgan fingerprint density at radius 2 is 2.44 bits per heavy atom. The highest BCUT2D eigenvalue weighted by Gasteiger charge is 2.02. The molecule has 0 heteroatoms. The molecule has 9 heavy (non-hydrogen) atoms. The van der Waals surface area contributed by atoms with Crippen LogP contribution >= 0.6 is 0 Å². The Morgan fingerprint density at radius 1 is 1.67 bits per heavy atom. The fraction of sp³-hybridized carbons (Fsp3) is 0.556. The summed E-state index contributed by atoms with van der Waals surface area (Å²) >= 11 is 0. The van der Waals surface area contributed by atoms with Crippen molar-refractivity contribution in [1.82, 2.24) is 0 Å². The van der Waals surface area contributed by atoms with Crippen molar-refractivity contribution in [1.29, 1.82) is 0 Å². The molecule has 0 heterocycles. The third kappa shape index (κ3) is 1.44. The van der Waals surface area contributed by atoms with Gasteiger partial charge in [0.1, 0.15) is 0 Å². The molecular weight excluding hydrogens is 108 g/mol. The topological polar surface area (TPSA) is 0 Å². The van der Waals surface area contributed by atoms with E-state index in [2.05, 4.69) is 26.0 Å². The van der Waals surface area contributed by atoms with E-state index in [0.717, 1.165) is 6.42 Å². The van der Waals surface area contributed by atoms with Crippen LogP contribution < -0.4 is 0 Å². The fourth-order valence-corrected chi connectivity index (χ4v) is 1.13. The van der Waals surface area contributed by atoms with Crippen LogP contribution in [0.5, 0.6) is 0 Å². The molecule has 49 valence electrons. The van der Waals surface area contributed by atoms with Gasteiger partial charge in [0.15, 0.2) is 0 Å². The predicted molar refractivity (Wildman–Crippen MR) is 40.0 cm³/mol. The van der Waals surface area contributed by atoms with Gasteiger partial charge >= 0.3 is 0 Å². The van der Waals surface area contributed by atoms with Gasteiger partial charge in [-0.05, 0) is 31.4 Å². The van der Waals surface area contributed by atoms with E-state index in [-0.39, 0.29) is 0 Å². The zero-order valence-electron chi connectivity index (χ0n) is 6.20. The number of rotatable bonds is 2. The maximum atomic E-state index is 3.33. The largest absolute Gasteiger partial charge is 0.0769 e. The van der Waals surface area contributed by atoms with E-state index in [9.17, 15) is 0 Å². The number of hydrogen-bond acceptors (Lipinski definition) is 0. The highest BCUT2D eigenvalue weighted by atomic mass is 14.1. The Bertz CT molecular complexity index is 149. The van der Waals surface area contributed by atoms with Crippen molar-refractivity contribution in [2.75, 3.05) is 0 Å². The minimum absolute atomic E-state index is 1.04. The molecule has 0 unspecified atom stereocenters. The van der Waals surface area contributed by atoms with Gasteiger partial charge in [0.2, 0.25) is 0 Å². The molecule has 0 amide bonds. The Balaban J connectivity index is 2.50. The molecule has 0 aliphatic heterocycles. The van der Waals surface area contributed by atoms with Crippen molar-refractivity contribution in [2.24, 2.45) is 0 Å². The maximum Gasteiger partial charge on any atom is -0.00858 e. The molecule has 0 atom stereocenters. The second kappa shape index (κ2) is 2.86. The van der Waals surface area contributed by atoms with Crippen molar-refractivity contribution in [3.05, 3.63) is 23.3 Å². The second-order valence-electron chi connectivity index (χ2n) is 2.50. The molecule has 1 aliphatic rings. The minimum Gasteiger partial charge on any atom is -0.0769 e. The summed E-state index contributed by atoms with van der Waals surface area (Å²) in [5.74, 6) is 0. The van der Waals surface area contributed by atoms with Crippen LogP contribution in [0.4, 0.5) is 0 Å². The smallest absolute Gasteiger partial charge is 0.00858 e. The normalized spacial score (nSPS) is 17.6. The van der Waals surface area contributed by atoms with Crippen LogP contribution in [0.3, 0.4) is 0 Å². The average molecular weight is 121 g/mol. The van der Waals surface area contributed by atoms with Gasteiger partial charge in [-0.25, -0.2) is 0 Å². The van der Waals surface area contributed by atoms with Crippen LogP contribution in [0, 0.1) is 6.08 Å². The molecule has 1 rings (SSSR count). The van der Waals surface area contributed by atoms with Crippen molar-refractivity contribution >= 4 is 0 Å². The maximum absolute atomic E-state index is 3.33. The molecule has 1 radical (unpaired) electrons. The van der Waals surface area contributed by atoms with E-state index in [1.54, 1.807) is 0 Å². The first-order valence-electron chi connectivity index (χ1n) is 3.61. The first-order valence-corrected chi connectivity index (χ1v) is 3.61. The quantitative estimate of drug-likeness (QED) is 0.527. The molecule has 0 aromatic carbocycles. The van der Waals surface area contributed by atoms with Crippen LogP contribution in [0.15, 0.2) is 17.2 Å². The van der Waals surface area contributed by atoms with Gasteiger partial charge in [0.05, 0.1) is 0 Å². The Kier molecular flexibility index (Phi) is 2.10. The van der Waals surface area contributed by atoms with Crippen molar-refractivity contribution < 1.29 is 0 Å². The zero-order valence-corrected chi connectivity index (χ0v) is 6.20. The lowest BCUT2D eigenvalue weighted by Gasteiger charge is -1.98. The SMILES string of the molecule is CCCC1=[C]CC=C1C. The van der Waals surface area contributed by atoms with E-state index >= 15 is 0 Å². The van der Waals surface area contributed by atoms with E-state index < -0.39 is 0 Å². The Hall–Kier alpha value is -0.520. The fourth-order valence-electron chi connectivity index (χ4n) is 1.13. The van der Waals surface area contributed by atoms with Crippen molar-refractivity contribution in [3.63, 3.8) is 0 Å². The lowest BCUT2D eigenvalue weighted by molar-refractivity contribution is 0.911.